The number of rotatable bonds is 3. The van der Waals surface area contributed by atoms with Gasteiger partial charge in [-0.05, 0) is 42.5 Å². The molecule has 1 fully saturated rings. The summed E-state index contributed by atoms with van der Waals surface area (Å²) < 4.78 is 5.45. The predicted molar refractivity (Wildman–Crippen MR) is 58.9 cm³/mol. The van der Waals surface area contributed by atoms with Crippen LogP contribution in [0.1, 0.15) is 24.5 Å². The van der Waals surface area contributed by atoms with Crippen LogP contribution in [0.5, 0.6) is 0 Å². The molecule has 0 aliphatic heterocycles. The third-order valence-electron chi connectivity index (χ3n) is 2.52. The van der Waals surface area contributed by atoms with Crippen LogP contribution in [0.3, 0.4) is 0 Å². The van der Waals surface area contributed by atoms with Gasteiger partial charge in [0, 0.05) is 17.2 Å². The first-order valence-corrected chi connectivity index (χ1v) is 5.45. The Kier molecular flexibility index (Phi) is 3.01. The highest BCUT2D eigenvalue weighted by Crippen LogP contribution is 2.43. The molecule has 1 aliphatic carbocycles. The number of hydrogen-bond donors (Lipinski definition) is 0. The van der Waals surface area contributed by atoms with Gasteiger partial charge in [0.2, 0.25) is 0 Å². The number of halogens is 2. The lowest BCUT2D eigenvalue weighted by Crippen LogP contribution is -2.03. The zero-order valence-electron chi connectivity index (χ0n) is 7.97. The van der Waals surface area contributed by atoms with Gasteiger partial charge in [-0.1, -0.05) is 23.2 Å². The normalized spacial score (nSPS) is 18.2. The van der Waals surface area contributed by atoms with Crippen LogP contribution in [0.4, 0.5) is 0 Å². The maximum Gasteiger partial charge on any atom is 0.0850 e. The van der Waals surface area contributed by atoms with Crippen molar-refractivity contribution in [1.82, 2.24) is 0 Å². The molecule has 0 bridgehead atoms. The van der Waals surface area contributed by atoms with Crippen molar-refractivity contribution >= 4 is 23.2 Å². The number of benzene rings is 1. The van der Waals surface area contributed by atoms with Crippen LogP contribution in [-0.4, -0.2) is 7.11 Å². The highest BCUT2D eigenvalue weighted by Gasteiger charge is 2.32. The second kappa shape index (κ2) is 4.09. The highest BCUT2D eigenvalue weighted by molar-refractivity contribution is 6.34. The zero-order chi connectivity index (χ0) is 10.1. The van der Waals surface area contributed by atoms with E-state index < -0.39 is 0 Å². The Morgan fingerprint density at radius 2 is 1.79 bits per heavy atom. The summed E-state index contributed by atoms with van der Waals surface area (Å²) in [5.74, 6) is 0.648. The third kappa shape index (κ3) is 2.22. The van der Waals surface area contributed by atoms with E-state index in [-0.39, 0.29) is 6.10 Å². The Labute approximate surface area is 94.0 Å². The van der Waals surface area contributed by atoms with E-state index in [4.69, 9.17) is 27.9 Å². The second-order valence-electron chi connectivity index (χ2n) is 3.70. The van der Waals surface area contributed by atoms with Crippen molar-refractivity contribution < 1.29 is 4.74 Å². The molecular formula is C11H12Cl2O. The molecule has 0 saturated heterocycles. The molecule has 76 valence electrons. The molecule has 1 aromatic rings. The van der Waals surface area contributed by atoms with Gasteiger partial charge < -0.3 is 4.74 Å². The molecule has 0 heterocycles. The van der Waals surface area contributed by atoms with E-state index in [1.807, 2.05) is 12.1 Å². The topological polar surface area (TPSA) is 9.23 Å². The molecule has 0 radical (unpaired) electrons. The zero-order valence-corrected chi connectivity index (χ0v) is 9.48. The van der Waals surface area contributed by atoms with Crippen molar-refractivity contribution in [3.05, 3.63) is 33.8 Å². The summed E-state index contributed by atoms with van der Waals surface area (Å²) in [6.07, 6.45) is 2.64. The Morgan fingerprint density at radius 1 is 1.21 bits per heavy atom. The molecular weight excluding hydrogens is 219 g/mol. The lowest BCUT2D eigenvalue weighted by Gasteiger charge is -2.15. The summed E-state index contributed by atoms with van der Waals surface area (Å²) in [4.78, 5) is 0. The van der Waals surface area contributed by atoms with Gasteiger partial charge in [-0.2, -0.15) is 0 Å². The fourth-order valence-electron chi connectivity index (χ4n) is 1.74. The van der Waals surface area contributed by atoms with E-state index in [2.05, 4.69) is 0 Å². The van der Waals surface area contributed by atoms with E-state index in [1.54, 1.807) is 13.2 Å². The molecule has 1 aromatic carbocycles. The second-order valence-corrected chi connectivity index (χ2v) is 4.57. The fraction of sp³-hybridized carbons (Fsp3) is 0.455. The summed E-state index contributed by atoms with van der Waals surface area (Å²) >= 11 is 11.9. The first kappa shape index (κ1) is 10.3. The largest absolute Gasteiger partial charge is 0.376 e. The summed E-state index contributed by atoms with van der Waals surface area (Å²) in [6, 6.07) is 5.60. The number of methoxy groups -OCH3 is 1. The molecule has 1 aliphatic rings. The Balaban J connectivity index is 2.28. The highest BCUT2D eigenvalue weighted by atomic mass is 35.5. The van der Waals surface area contributed by atoms with Gasteiger partial charge in [-0.3, -0.25) is 0 Å². The van der Waals surface area contributed by atoms with Gasteiger partial charge in [0.15, 0.2) is 0 Å². The van der Waals surface area contributed by atoms with Crippen molar-refractivity contribution in [1.29, 1.82) is 0 Å². The molecule has 1 saturated carbocycles. The van der Waals surface area contributed by atoms with E-state index in [9.17, 15) is 0 Å². The Morgan fingerprint density at radius 3 is 2.21 bits per heavy atom. The molecule has 0 spiro atoms. The number of ether oxygens (including phenoxy) is 1. The Bertz CT molecular complexity index is 314. The fourth-order valence-corrected chi connectivity index (χ4v) is 2.28. The van der Waals surface area contributed by atoms with Gasteiger partial charge in [0.25, 0.3) is 0 Å². The van der Waals surface area contributed by atoms with Gasteiger partial charge in [0.05, 0.1) is 6.10 Å². The summed E-state index contributed by atoms with van der Waals surface area (Å²) in [6.45, 7) is 0. The molecule has 1 atom stereocenters. The van der Waals surface area contributed by atoms with Crippen LogP contribution >= 0.6 is 23.2 Å². The van der Waals surface area contributed by atoms with Crippen molar-refractivity contribution in [2.45, 2.75) is 18.9 Å². The van der Waals surface area contributed by atoms with Crippen LogP contribution in [0.15, 0.2) is 18.2 Å². The monoisotopic (exact) mass is 230 g/mol. The maximum atomic E-state index is 5.94. The smallest absolute Gasteiger partial charge is 0.0850 e. The van der Waals surface area contributed by atoms with Gasteiger partial charge in [-0.25, -0.2) is 0 Å². The van der Waals surface area contributed by atoms with Crippen molar-refractivity contribution in [2.75, 3.05) is 7.11 Å². The lowest BCUT2D eigenvalue weighted by atomic mass is 10.1. The van der Waals surface area contributed by atoms with Gasteiger partial charge in [-0.15, -0.1) is 0 Å². The van der Waals surface area contributed by atoms with Crippen LogP contribution < -0.4 is 0 Å². The first-order valence-electron chi connectivity index (χ1n) is 4.69. The molecule has 0 aromatic heterocycles. The van der Waals surface area contributed by atoms with E-state index >= 15 is 0 Å². The van der Waals surface area contributed by atoms with Gasteiger partial charge in [0.1, 0.15) is 0 Å². The SMILES string of the molecule is COC(c1cc(Cl)cc(Cl)c1)C1CC1. The summed E-state index contributed by atoms with van der Waals surface area (Å²) in [7, 11) is 1.73. The summed E-state index contributed by atoms with van der Waals surface area (Å²) in [5.41, 5.74) is 1.09. The average molecular weight is 231 g/mol. The third-order valence-corrected chi connectivity index (χ3v) is 2.95. The molecule has 0 N–H and O–H groups in total. The predicted octanol–water partition coefficient (Wildman–Crippen LogP) is 4.09. The van der Waals surface area contributed by atoms with Crippen molar-refractivity contribution in [3.8, 4) is 0 Å². The minimum Gasteiger partial charge on any atom is -0.376 e. The van der Waals surface area contributed by atoms with Crippen molar-refractivity contribution in [3.63, 3.8) is 0 Å². The van der Waals surface area contributed by atoms with E-state index in [0.717, 1.165) is 5.56 Å². The molecule has 14 heavy (non-hydrogen) atoms. The van der Waals surface area contributed by atoms with Crippen LogP contribution in [0, 0.1) is 5.92 Å². The standard InChI is InChI=1S/C11H12Cl2O/c1-14-11(7-2-3-7)8-4-9(12)6-10(13)5-8/h4-7,11H,2-3H2,1H3. The maximum absolute atomic E-state index is 5.94. The van der Waals surface area contributed by atoms with Crippen LogP contribution in [0.25, 0.3) is 0 Å². The van der Waals surface area contributed by atoms with Crippen LogP contribution in [-0.2, 0) is 4.74 Å². The Hall–Kier alpha value is -0.240. The number of hydrogen-bond acceptors (Lipinski definition) is 1. The van der Waals surface area contributed by atoms with Gasteiger partial charge >= 0.3 is 0 Å². The van der Waals surface area contributed by atoms with Crippen LogP contribution in [0.2, 0.25) is 10.0 Å². The van der Waals surface area contributed by atoms with Crippen molar-refractivity contribution in [2.24, 2.45) is 5.92 Å². The minimum atomic E-state index is 0.159. The lowest BCUT2D eigenvalue weighted by molar-refractivity contribution is 0.0846. The quantitative estimate of drug-likeness (QED) is 0.761. The minimum absolute atomic E-state index is 0.159. The first-order chi connectivity index (χ1) is 6.70. The van der Waals surface area contributed by atoms with E-state index in [1.165, 1.54) is 12.8 Å². The molecule has 3 heteroatoms. The average Bonchev–Trinajstić information content (AvgIpc) is 2.87. The summed E-state index contributed by atoms with van der Waals surface area (Å²) in [5, 5.41) is 1.35. The van der Waals surface area contributed by atoms with E-state index in [0.29, 0.717) is 16.0 Å². The molecule has 2 rings (SSSR count). The molecule has 1 unspecified atom stereocenters. The molecule has 1 nitrogen and oxygen atoms in total. The molecule has 0 amide bonds.